The summed E-state index contributed by atoms with van der Waals surface area (Å²) in [6, 6.07) is 1.37. The number of rotatable bonds is 10. The third kappa shape index (κ3) is 5.86. The van der Waals surface area contributed by atoms with E-state index >= 15 is 0 Å². The van der Waals surface area contributed by atoms with Crippen LogP contribution in [0.2, 0.25) is 0 Å². The quantitative estimate of drug-likeness (QED) is 0.617. The average Bonchev–Trinajstić information content (AvgIpc) is 2.28. The number of unbranched alkanes of at least 4 members (excludes halogenated alkanes) is 1. The molecule has 0 aromatic heterocycles. The maximum Gasteiger partial charge on any atom is 0.0243 e. The molecule has 0 aliphatic rings. The Balaban J connectivity index is 4.26. The van der Waals surface area contributed by atoms with E-state index in [1.165, 1.54) is 38.6 Å². The fourth-order valence-electron chi connectivity index (χ4n) is 2.48. The van der Waals surface area contributed by atoms with Gasteiger partial charge in [-0.3, -0.25) is 0 Å². The number of hydrogen-bond donors (Lipinski definition) is 1. The molecule has 0 spiro atoms. The van der Waals surface area contributed by atoms with Gasteiger partial charge in [0.2, 0.25) is 0 Å². The standard InChI is InChI=1S/C14H32N2/c1-6-10-12-16(5)14(8-3)13(11-7-2)15-9-4/h13-15H,6-12H2,1-5H3. The molecule has 0 radical (unpaired) electrons. The molecule has 1 N–H and O–H groups in total. The zero-order valence-corrected chi connectivity index (χ0v) is 12.1. The first-order chi connectivity index (χ1) is 7.71. The van der Waals surface area contributed by atoms with E-state index in [9.17, 15) is 0 Å². The van der Waals surface area contributed by atoms with Gasteiger partial charge in [0.15, 0.2) is 0 Å². The summed E-state index contributed by atoms with van der Waals surface area (Å²) in [5.41, 5.74) is 0. The lowest BCUT2D eigenvalue weighted by Gasteiger charge is -2.34. The number of nitrogens with zero attached hydrogens (tertiary/aromatic N) is 1. The Morgan fingerprint density at radius 1 is 1.06 bits per heavy atom. The van der Waals surface area contributed by atoms with Gasteiger partial charge in [-0.05, 0) is 39.4 Å². The van der Waals surface area contributed by atoms with E-state index in [2.05, 4.69) is 45.0 Å². The van der Waals surface area contributed by atoms with Gasteiger partial charge in [0.05, 0.1) is 0 Å². The van der Waals surface area contributed by atoms with Crippen LogP contribution in [0.4, 0.5) is 0 Å². The third-order valence-corrected chi connectivity index (χ3v) is 3.38. The molecule has 0 rings (SSSR count). The van der Waals surface area contributed by atoms with Crippen LogP contribution in [0.1, 0.15) is 59.8 Å². The highest BCUT2D eigenvalue weighted by Gasteiger charge is 2.21. The van der Waals surface area contributed by atoms with Crippen molar-refractivity contribution < 1.29 is 0 Å². The van der Waals surface area contributed by atoms with Gasteiger partial charge in [-0.1, -0.05) is 40.5 Å². The lowest BCUT2D eigenvalue weighted by Crippen LogP contribution is -2.48. The fourth-order valence-corrected chi connectivity index (χ4v) is 2.48. The smallest absolute Gasteiger partial charge is 0.0243 e. The van der Waals surface area contributed by atoms with Crippen LogP contribution in [0, 0.1) is 0 Å². The van der Waals surface area contributed by atoms with Crippen LogP contribution in [0.15, 0.2) is 0 Å². The van der Waals surface area contributed by atoms with E-state index in [4.69, 9.17) is 0 Å². The van der Waals surface area contributed by atoms with Gasteiger partial charge in [-0.15, -0.1) is 0 Å². The van der Waals surface area contributed by atoms with Gasteiger partial charge in [0, 0.05) is 12.1 Å². The van der Waals surface area contributed by atoms with Crippen molar-refractivity contribution in [3.05, 3.63) is 0 Å². The second-order valence-corrected chi connectivity index (χ2v) is 4.76. The molecule has 0 heterocycles. The summed E-state index contributed by atoms with van der Waals surface area (Å²) < 4.78 is 0. The van der Waals surface area contributed by atoms with Crippen LogP contribution in [0.5, 0.6) is 0 Å². The summed E-state index contributed by atoms with van der Waals surface area (Å²) in [6.45, 7) is 11.4. The monoisotopic (exact) mass is 228 g/mol. The molecule has 0 saturated heterocycles. The second-order valence-electron chi connectivity index (χ2n) is 4.76. The highest BCUT2D eigenvalue weighted by Crippen LogP contribution is 2.13. The molecule has 0 aromatic carbocycles. The number of hydrogen-bond acceptors (Lipinski definition) is 2. The predicted octanol–water partition coefficient (Wildman–Crippen LogP) is 3.28. The summed E-state index contributed by atoms with van der Waals surface area (Å²) in [5, 5.41) is 3.65. The second kappa shape index (κ2) is 10.1. The Bertz CT molecular complexity index is 142. The Morgan fingerprint density at radius 2 is 1.75 bits per heavy atom. The van der Waals surface area contributed by atoms with E-state index in [1.54, 1.807) is 0 Å². The lowest BCUT2D eigenvalue weighted by atomic mass is 9.99. The molecule has 0 bridgehead atoms. The van der Waals surface area contributed by atoms with Gasteiger partial charge in [0.1, 0.15) is 0 Å². The summed E-state index contributed by atoms with van der Waals surface area (Å²) in [7, 11) is 2.28. The molecule has 2 nitrogen and oxygen atoms in total. The zero-order chi connectivity index (χ0) is 12.4. The highest BCUT2D eigenvalue weighted by molar-refractivity contribution is 4.81. The van der Waals surface area contributed by atoms with Gasteiger partial charge >= 0.3 is 0 Å². The molecule has 0 fully saturated rings. The number of nitrogens with one attached hydrogen (secondary N) is 1. The van der Waals surface area contributed by atoms with Crippen molar-refractivity contribution in [2.24, 2.45) is 0 Å². The summed E-state index contributed by atoms with van der Waals surface area (Å²) in [4.78, 5) is 2.55. The molecule has 2 unspecified atom stereocenters. The lowest BCUT2D eigenvalue weighted by molar-refractivity contribution is 0.178. The zero-order valence-electron chi connectivity index (χ0n) is 12.1. The maximum atomic E-state index is 3.65. The normalized spacial score (nSPS) is 15.4. The van der Waals surface area contributed by atoms with Crippen LogP contribution in [0.25, 0.3) is 0 Å². The Kier molecular flexibility index (Phi) is 10.0. The molecule has 0 aromatic rings. The van der Waals surface area contributed by atoms with Gasteiger partial charge in [-0.2, -0.15) is 0 Å². The third-order valence-electron chi connectivity index (χ3n) is 3.38. The van der Waals surface area contributed by atoms with Gasteiger partial charge in [0.25, 0.3) is 0 Å². The summed E-state index contributed by atoms with van der Waals surface area (Å²) in [6.07, 6.45) is 6.43. The first-order valence-corrected chi connectivity index (χ1v) is 7.14. The Morgan fingerprint density at radius 3 is 2.19 bits per heavy atom. The van der Waals surface area contributed by atoms with Crippen molar-refractivity contribution in [1.82, 2.24) is 10.2 Å². The molecular weight excluding hydrogens is 196 g/mol. The minimum absolute atomic E-state index is 0.668. The van der Waals surface area contributed by atoms with Crippen LogP contribution >= 0.6 is 0 Å². The Hall–Kier alpha value is -0.0800. The van der Waals surface area contributed by atoms with Crippen LogP contribution in [0.3, 0.4) is 0 Å². The van der Waals surface area contributed by atoms with E-state index in [0.717, 1.165) is 6.54 Å². The van der Waals surface area contributed by atoms with Crippen LogP contribution < -0.4 is 5.32 Å². The van der Waals surface area contributed by atoms with Crippen molar-refractivity contribution >= 4 is 0 Å². The SMILES string of the molecule is CCCCN(C)C(CC)C(CCC)NCC. The first-order valence-electron chi connectivity index (χ1n) is 7.14. The molecule has 98 valence electrons. The minimum Gasteiger partial charge on any atom is -0.313 e. The first kappa shape index (κ1) is 15.9. The molecule has 0 saturated carbocycles. The molecule has 2 heteroatoms. The number of likely N-dealkylation sites (N-methyl/N-ethyl adjacent to an activating group) is 2. The molecule has 0 aliphatic carbocycles. The molecule has 0 aliphatic heterocycles. The van der Waals surface area contributed by atoms with E-state index in [0.29, 0.717) is 12.1 Å². The molecule has 16 heavy (non-hydrogen) atoms. The van der Waals surface area contributed by atoms with Crippen LogP contribution in [-0.2, 0) is 0 Å². The van der Waals surface area contributed by atoms with Crippen molar-refractivity contribution in [1.29, 1.82) is 0 Å². The van der Waals surface area contributed by atoms with Gasteiger partial charge in [-0.25, -0.2) is 0 Å². The van der Waals surface area contributed by atoms with Gasteiger partial charge < -0.3 is 10.2 Å². The van der Waals surface area contributed by atoms with Crippen molar-refractivity contribution in [2.75, 3.05) is 20.1 Å². The van der Waals surface area contributed by atoms with E-state index in [1.807, 2.05) is 0 Å². The van der Waals surface area contributed by atoms with E-state index in [-0.39, 0.29) is 0 Å². The summed E-state index contributed by atoms with van der Waals surface area (Å²) >= 11 is 0. The molecule has 0 amide bonds. The highest BCUT2D eigenvalue weighted by atomic mass is 15.2. The minimum atomic E-state index is 0.668. The van der Waals surface area contributed by atoms with Crippen molar-refractivity contribution in [2.45, 2.75) is 71.9 Å². The molecular formula is C14H32N2. The topological polar surface area (TPSA) is 15.3 Å². The predicted molar refractivity (Wildman–Crippen MR) is 74.0 cm³/mol. The summed E-state index contributed by atoms with van der Waals surface area (Å²) in [5.74, 6) is 0. The van der Waals surface area contributed by atoms with Crippen LogP contribution in [-0.4, -0.2) is 37.1 Å². The molecule has 2 atom stereocenters. The van der Waals surface area contributed by atoms with Crippen molar-refractivity contribution in [3.63, 3.8) is 0 Å². The van der Waals surface area contributed by atoms with Crippen molar-refractivity contribution in [3.8, 4) is 0 Å². The fraction of sp³-hybridized carbons (Fsp3) is 1.00. The largest absolute Gasteiger partial charge is 0.313 e. The van der Waals surface area contributed by atoms with E-state index < -0.39 is 0 Å². The average molecular weight is 228 g/mol. The Labute approximate surface area is 103 Å². The maximum absolute atomic E-state index is 3.65.